The maximum absolute atomic E-state index is 5.74. The lowest BCUT2D eigenvalue weighted by Gasteiger charge is -2.21. The maximum atomic E-state index is 5.74. The molecule has 15 aromatic carbocycles. The van der Waals surface area contributed by atoms with Crippen LogP contribution in [-0.2, 0) is 11.8 Å². The molecule has 486 valence electrons. The van der Waals surface area contributed by atoms with Crippen LogP contribution >= 0.6 is 0 Å². The third-order valence-corrected chi connectivity index (χ3v) is 21.6. The van der Waals surface area contributed by atoms with Crippen molar-refractivity contribution in [2.75, 3.05) is 0 Å². The highest BCUT2D eigenvalue weighted by molar-refractivity contribution is 6.13. The fourth-order valence-corrected chi connectivity index (χ4v) is 16.4. The Bertz CT molecular complexity index is 5860. The third-order valence-electron chi connectivity index (χ3n) is 21.6. The predicted molar refractivity (Wildman–Crippen MR) is 428 cm³/mol. The zero-order valence-electron chi connectivity index (χ0n) is 57.3. The average molecular weight is 1320 g/mol. The van der Waals surface area contributed by atoms with Crippen molar-refractivity contribution in [1.82, 2.24) is 19.5 Å². The summed E-state index contributed by atoms with van der Waals surface area (Å²) in [4.78, 5) is 17.1. The molecule has 4 nitrogen and oxygen atoms in total. The van der Waals surface area contributed by atoms with E-state index in [2.05, 4.69) is 376 Å². The van der Waals surface area contributed by atoms with E-state index in [0.29, 0.717) is 23.5 Å². The zero-order valence-corrected chi connectivity index (χ0v) is 57.3. The lowest BCUT2D eigenvalue weighted by Crippen LogP contribution is -2.15. The molecule has 2 heterocycles. The first-order chi connectivity index (χ1) is 50.8. The van der Waals surface area contributed by atoms with E-state index in [9.17, 15) is 0 Å². The highest BCUT2D eigenvalue weighted by Gasteiger charge is 2.37. The Kier molecular flexibility index (Phi) is 15.1. The molecule has 0 amide bonds. The van der Waals surface area contributed by atoms with Crippen molar-refractivity contribution < 1.29 is 0 Å². The largest absolute Gasteiger partial charge is 0.278 e. The van der Waals surface area contributed by atoms with Crippen LogP contribution < -0.4 is 0 Å². The van der Waals surface area contributed by atoms with Gasteiger partial charge in [0.15, 0.2) is 11.6 Å². The van der Waals surface area contributed by atoms with Crippen LogP contribution in [0.15, 0.2) is 358 Å². The summed E-state index contributed by atoms with van der Waals surface area (Å²) in [6.07, 6.45) is 2.09. The molecular weight excluding hydrogens is 1250 g/mol. The minimum absolute atomic E-state index is 0.283. The average Bonchev–Trinajstić information content (AvgIpc) is 1.55. The summed E-state index contributed by atoms with van der Waals surface area (Å²) in [5, 5.41) is 2.23. The van der Waals surface area contributed by atoms with Crippen LogP contribution in [0.4, 0.5) is 0 Å². The van der Waals surface area contributed by atoms with E-state index in [1.165, 1.54) is 72.3 Å². The lowest BCUT2D eigenvalue weighted by molar-refractivity contribution is 0.661. The number of hydrogen-bond donors (Lipinski definition) is 0. The Morgan fingerprint density at radius 3 is 1.18 bits per heavy atom. The van der Waals surface area contributed by atoms with Crippen molar-refractivity contribution >= 4 is 21.8 Å². The van der Waals surface area contributed by atoms with Crippen molar-refractivity contribution in [3.8, 4) is 140 Å². The van der Waals surface area contributed by atoms with Gasteiger partial charge in [-0.1, -0.05) is 281 Å². The van der Waals surface area contributed by atoms with E-state index in [4.69, 9.17) is 15.0 Å². The number of rotatable bonds is 14. The smallest absolute Gasteiger partial charge is 0.238 e. The molecule has 1 atom stereocenters. The van der Waals surface area contributed by atoms with Crippen LogP contribution in [0, 0.1) is 0 Å². The normalized spacial score (nSPS) is 13.2. The van der Waals surface area contributed by atoms with Gasteiger partial charge in [-0.15, -0.1) is 0 Å². The summed E-state index contributed by atoms with van der Waals surface area (Å²) in [6.45, 7) is 4.73. The second-order valence-corrected chi connectivity index (χ2v) is 28.2. The van der Waals surface area contributed by atoms with Gasteiger partial charge in [0.1, 0.15) is 0 Å². The molecule has 2 aliphatic carbocycles. The van der Waals surface area contributed by atoms with Crippen molar-refractivity contribution in [3.05, 3.63) is 386 Å². The van der Waals surface area contributed by atoms with Crippen LogP contribution in [0.2, 0.25) is 0 Å². The van der Waals surface area contributed by atoms with Gasteiger partial charge in [-0.05, 0) is 243 Å². The second kappa shape index (κ2) is 25.4. The van der Waals surface area contributed by atoms with Crippen molar-refractivity contribution in [2.45, 2.75) is 38.0 Å². The number of nitrogens with zero attached hydrogens (tertiary/aromatic N) is 4. The Morgan fingerprint density at radius 1 is 0.262 bits per heavy atom. The van der Waals surface area contributed by atoms with E-state index in [0.717, 1.165) is 113 Å². The molecule has 2 aromatic heterocycles. The first-order valence-corrected chi connectivity index (χ1v) is 35.9. The van der Waals surface area contributed by atoms with Gasteiger partial charge >= 0.3 is 0 Å². The molecule has 0 bridgehead atoms. The molecule has 0 saturated carbocycles. The van der Waals surface area contributed by atoms with Gasteiger partial charge in [-0.2, -0.15) is 9.97 Å². The van der Waals surface area contributed by atoms with Gasteiger partial charge in [0.25, 0.3) is 0 Å². The molecule has 0 aliphatic heterocycles. The minimum atomic E-state index is -0.283. The standard InChI is InChI=1S/C99H70N4/c1-99(2)92-43-24-23-42-87(92)89-62-91-90-61-72(70-38-25-39-71(50-70)79-53-74(65-28-11-4-12-29-65)54-80(55-79)73-45-48-86-85(47-44-64-26-9-3-10-27-64)83-40-21-22-41-84(83)88(86)60-73)46-49-94(90)103(95(91)63-93(89)99)98-101-96(81-56-75(66-30-13-5-14-31-66)51-76(57-81)67-32-15-6-16-33-67)100-97(102-98)82-58-77(68-34-17-7-18-35-68)52-78(59-82)69-36-19-8-20-37-69/h3-43,45-46,48-63,85H,44,47H2,1-2H3. The molecule has 17 aromatic rings. The summed E-state index contributed by atoms with van der Waals surface area (Å²) >= 11 is 0. The topological polar surface area (TPSA) is 43.6 Å². The van der Waals surface area contributed by atoms with Gasteiger partial charge in [-0.3, -0.25) is 4.57 Å². The molecule has 103 heavy (non-hydrogen) atoms. The number of fused-ring (bicyclic) bond motifs is 9. The van der Waals surface area contributed by atoms with Crippen LogP contribution in [0.5, 0.6) is 0 Å². The summed E-state index contributed by atoms with van der Waals surface area (Å²) < 4.78 is 2.32. The summed E-state index contributed by atoms with van der Waals surface area (Å²) in [5.41, 5.74) is 33.5. The third kappa shape index (κ3) is 11.2. The van der Waals surface area contributed by atoms with Crippen LogP contribution in [-0.4, -0.2) is 19.5 Å². The molecule has 19 rings (SSSR count). The fraction of sp³-hybridized carbons (Fsp3) is 0.0606. The van der Waals surface area contributed by atoms with Crippen molar-refractivity contribution in [3.63, 3.8) is 0 Å². The molecular formula is C99H70N4. The molecule has 0 fully saturated rings. The van der Waals surface area contributed by atoms with Crippen LogP contribution in [0.25, 0.3) is 162 Å². The quantitative estimate of drug-likeness (QED) is 0.109. The number of benzene rings is 15. The van der Waals surface area contributed by atoms with Gasteiger partial charge in [-0.25, -0.2) is 4.98 Å². The SMILES string of the molecule is CC1(C)c2ccccc2-c2cc3c4cc(-c5cccc(-c6cc(-c7ccccc7)cc(-c7ccc8c(c7)-c7ccccc7C8CCc7ccccc7)c6)c5)ccc4n(-c4nc(-c5cc(-c6ccccc6)cc(-c6ccccc6)c5)nc(-c5cc(-c6ccccc6)cc(-c6ccccc6)c5)n4)c3cc21. The van der Waals surface area contributed by atoms with Crippen molar-refractivity contribution in [1.29, 1.82) is 0 Å². The van der Waals surface area contributed by atoms with Gasteiger partial charge < -0.3 is 0 Å². The van der Waals surface area contributed by atoms with Gasteiger partial charge in [0.2, 0.25) is 5.95 Å². The number of hydrogen-bond acceptors (Lipinski definition) is 3. The van der Waals surface area contributed by atoms with Crippen LogP contribution in [0.3, 0.4) is 0 Å². The Morgan fingerprint density at radius 2 is 0.650 bits per heavy atom. The Balaban J connectivity index is 0.793. The van der Waals surface area contributed by atoms with E-state index in [1.807, 2.05) is 0 Å². The zero-order chi connectivity index (χ0) is 68.5. The Labute approximate surface area is 601 Å². The maximum Gasteiger partial charge on any atom is 0.238 e. The summed E-state index contributed by atoms with van der Waals surface area (Å²) in [7, 11) is 0. The van der Waals surface area contributed by atoms with Gasteiger partial charge in [0, 0.05) is 33.2 Å². The fourth-order valence-electron chi connectivity index (χ4n) is 16.4. The summed E-state index contributed by atoms with van der Waals surface area (Å²) in [6, 6.07) is 131. The van der Waals surface area contributed by atoms with E-state index < -0.39 is 0 Å². The van der Waals surface area contributed by atoms with Crippen molar-refractivity contribution in [2.24, 2.45) is 0 Å². The highest BCUT2D eigenvalue weighted by atomic mass is 15.2. The van der Waals surface area contributed by atoms with Gasteiger partial charge in [0.05, 0.1) is 11.0 Å². The molecule has 0 spiro atoms. The first kappa shape index (κ1) is 61.2. The summed E-state index contributed by atoms with van der Waals surface area (Å²) in [5.74, 6) is 2.02. The predicted octanol–water partition coefficient (Wildman–Crippen LogP) is 25.7. The monoisotopic (exact) mass is 1310 g/mol. The van der Waals surface area contributed by atoms with E-state index in [-0.39, 0.29) is 5.41 Å². The molecule has 0 saturated heterocycles. The first-order valence-electron chi connectivity index (χ1n) is 35.9. The molecule has 1 unspecified atom stereocenters. The van der Waals surface area contributed by atoms with E-state index in [1.54, 1.807) is 0 Å². The number of aryl methyl sites for hydroxylation is 1. The molecule has 0 radical (unpaired) electrons. The molecule has 0 N–H and O–H groups in total. The molecule has 4 heteroatoms. The Hall–Kier alpha value is -12.9. The second-order valence-electron chi connectivity index (χ2n) is 28.2. The molecule has 2 aliphatic rings. The lowest BCUT2D eigenvalue weighted by atomic mass is 9.82. The minimum Gasteiger partial charge on any atom is -0.278 e. The highest BCUT2D eigenvalue weighted by Crippen LogP contribution is 2.53. The van der Waals surface area contributed by atoms with Crippen LogP contribution in [0.1, 0.15) is 54.0 Å². The number of aromatic nitrogens is 4. The van der Waals surface area contributed by atoms with E-state index >= 15 is 0 Å².